The van der Waals surface area contributed by atoms with E-state index in [9.17, 15) is 4.79 Å². The van der Waals surface area contributed by atoms with Crippen molar-refractivity contribution in [2.45, 2.75) is 25.3 Å². The minimum Gasteiger partial charge on any atom is -0.497 e. The zero-order valence-electron chi connectivity index (χ0n) is 16.2. The van der Waals surface area contributed by atoms with E-state index >= 15 is 0 Å². The molecule has 1 aromatic heterocycles. The monoisotopic (exact) mass is 426 g/mol. The van der Waals surface area contributed by atoms with Gasteiger partial charge in [0.15, 0.2) is 0 Å². The van der Waals surface area contributed by atoms with Crippen LogP contribution in [0.2, 0.25) is 0 Å². The van der Waals surface area contributed by atoms with Gasteiger partial charge in [0.25, 0.3) is 0 Å². The lowest BCUT2D eigenvalue weighted by Crippen LogP contribution is -2.36. The molecule has 6 nitrogen and oxygen atoms in total. The zero-order valence-corrected chi connectivity index (χ0v) is 17.8. The van der Waals surface area contributed by atoms with Gasteiger partial charge in [0.1, 0.15) is 17.6 Å². The number of ether oxygens (including phenoxy) is 1. The molecule has 2 N–H and O–H groups in total. The molecule has 8 heteroatoms. The van der Waals surface area contributed by atoms with Crippen molar-refractivity contribution in [2.24, 2.45) is 18.4 Å². The second-order valence-electron chi connectivity index (χ2n) is 7.48. The number of rotatable bonds is 5. The number of piperidine rings is 1. The van der Waals surface area contributed by atoms with E-state index in [0.29, 0.717) is 0 Å². The van der Waals surface area contributed by atoms with Gasteiger partial charge in [-0.15, -0.1) is 24.8 Å². The van der Waals surface area contributed by atoms with Crippen molar-refractivity contribution in [1.82, 2.24) is 20.2 Å². The van der Waals surface area contributed by atoms with Crippen molar-refractivity contribution >= 4 is 30.7 Å². The average Bonchev–Trinajstić information content (AvgIpc) is 3.19. The Morgan fingerprint density at radius 3 is 2.54 bits per heavy atom. The maximum absolute atomic E-state index is 13.0. The molecule has 0 radical (unpaired) electrons. The summed E-state index contributed by atoms with van der Waals surface area (Å²) in [5.41, 5.74) is 1.23. The number of hydrogen-bond acceptors (Lipinski definition) is 4. The first-order valence-corrected chi connectivity index (χ1v) is 9.25. The van der Waals surface area contributed by atoms with Gasteiger partial charge in [0.2, 0.25) is 5.91 Å². The fourth-order valence-electron chi connectivity index (χ4n) is 4.19. The van der Waals surface area contributed by atoms with E-state index in [4.69, 9.17) is 4.74 Å². The van der Waals surface area contributed by atoms with Gasteiger partial charge in [0.05, 0.1) is 7.11 Å². The molecule has 0 bridgehead atoms. The molecule has 2 aliphatic rings. The molecule has 2 atom stereocenters. The lowest BCUT2D eigenvalue weighted by molar-refractivity contribution is -0.123. The number of carbonyl (C=O) groups excluding carboxylic acids is 1. The quantitative estimate of drug-likeness (QED) is 0.770. The molecule has 4 rings (SSSR count). The lowest BCUT2D eigenvalue weighted by atomic mass is 9.91. The van der Waals surface area contributed by atoms with Crippen LogP contribution in [0, 0.1) is 11.3 Å². The third kappa shape index (κ3) is 4.29. The van der Waals surface area contributed by atoms with Crippen LogP contribution in [-0.4, -0.2) is 35.7 Å². The molecule has 28 heavy (non-hydrogen) atoms. The van der Waals surface area contributed by atoms with Crippen molar-refractivity contribution in [2.75, 3.05) is 20.2 Å². The third-order valence-electron chi connectivity index (χ3n) is 5.96. The largest absolute Gasteiger partial charge is 0.497 e. The van der Waals surface area contributed by atoms with Crippen LogP contribution in [0.3, 0.4) is 0 Å². The van der Waals surface area contributed by atoms with Crippen molar-refractivity contribution in [3.8, 4) is 5.75 Å². The Hall–Kier alpha value is -1.76. The summed E-state index contributed by atoms with van der Waals surface area (Å²) in [7, 11) is 3.61. The number of aromatic nitrogens is 2. The second-order valence-corrected chi connectivity index (χ2v) is 7.48. The highest BCUT2D eigenvalue weighted by atomic mass is 35.5. The molecule has 2 unspecified atom stereocenters. The van der Waals surface area contributed by atoms with Crippen LogP contribution >= 0.6 is 24.8 Å². The first kappa shape index (κ1) is 22.5. The standard InChI is InChI=1S/C20H26N4O2.2ClH/c1-24-12-11-22-18(24)17(14-3-5-15(26-2)6-4-14)23-19(25)16-13-20(16)7-9-21-10-8-20;;/h3-6,11-12,16-17,21H,7-10,13H2,1-2H3,(H,23,25);2*1H. The number of benzene rings is 1. The predicted molar refractivity (Wildman–Crippen MR) is 113 cm³/mol. The number of nitrogens with zero attached hydrogens (tertiary/aromatic N) is 2. The predicted octanol–water partition coefficient (Wildman–Crippen LogP) is 2.87. The van der Waals surface area contributed by atoms with Gasteiger partial charge in [0, 0.05) is 25.4 Å². The maximum Gasteiger partial charge on any atom is 0.224 e. The number of methoxy groups -OCH3 is 1. The fraction of sp³-hybridized carbons (Fsp3) is 0.500. The van der Waals surface area contributed by atoms with Gasteiger partial charge in [-0.1, -0.05) is 12.1 Å². The Bertz CT molecular complexity index is 788. The van der Waals surface area contributed by atoms with Gasteiger partial charge >= 0.3 is 0 Å². The van der Waals surface area contributed by atoms with E-state index in [1.807, 2.05) is 42.1 Å². The first-order valence-electron chi connectivity index (χ1n) is 9.25. The minimum atomic E-state index is -0.257. The molecule has 2 heterocycles. The molecular formula is C20H28Cl2N4O2. The fourth-order valence-corrected chi connectivity index (χ4v) is 4.19. The summed E-state index contributed by atoms with van der Waals surface area (Å²) in [5.74, 6) is 1.92. The van der Waals surface area contributed by atoms with Crippen molar-refractivity contribution in [1.29, 1.82) is 0 Å². The molecule has 2 aromatic rings. The van der Waals surface area contributed by atoms with Crippen LogP contribution in [0.1, 0.15) is 36.7 Å². The van der Waals surface area contributed by atoms with E-state index in [1.165, 1.54) is 0 Å². The molecule has 2 fully saturated rings. The van der Waals surface area contributed by atoms with E-state index in [2.05, 4.69) is 15.6 Å². The zero-order chi connectivity index (χ0) is 18.1. The van der Waals surface area contributed by atoms with Gasteiger partial charge in [-0.3, -0.25) is 4.79 Å². The van der Waals surface area contributed by atoms with Gasteiger partial charge in [-0.05, 0) is 55.5 Å². The Labute approximate surface area is 178 Å². The highest BCUT2D eigenvalue weighted by Crippen LogP contribution is 2.58. The number of imidazole rings is 1. The normalized spacial score (nSPS) is 20.4. The van der Waals surface area contributed by atoms with E-state index < -0.39 is 0 Å². The molecule has 1 aliphatic carbocycles. The Morgan fingerprint density at radius 2 is 1.96 bits per heavy atom. The maximum atomic E-state index is 13.0. The summed E-state index contributed by atoms with van der Waals surface area (Å²) < 4.78 is 7.21. The number of amides is 1. The molecular weight excluding hydrogens is 399 g/mol. The molecule has 1 aliphatic heterocycles. The van der Waals surface area contributed by atoms with Gasteiger partial charge < -0.3 is 19.9 Å². The molecule has 1 spiro atoms. The first-order chi connectivity index (χ1) is 12.6. The van der Waals surface area contributed by atoms with Crippen molar-refractivity contribution < 1.29 is 9.53 Å². The molecule has 1 amide bonds. The van der Waals surface area contributed by atoms with Crippen LogP contribution < -0.4 is 15.4 Å². The summed E-state index contributed by atoms with van der Waals surface area (Å²) in [6.07, 6.45) is 6.88. The van der Waals surface area contributed by atoms with Crippen LogP contribution in [0.5, 0.6) is 5.75 Å². The summed E-state index contributed by atoms with van der Waals surface area (Å²) >= 11 is 0. The Kier molecular flexibility index (Phi) is 7.37. The number of hydrogen-bond donors (Lipinski definition) is 2. The number of nitrogens with one attached hydrogen (secondary N) is 2. The smallest absolute Gasteiger partial charge is 0.224 e. The lowest BCUT2D eigenvalue weighted by Gasteiger charge is -2.24. The van der Waals surface area contributed by atoms with E-state index in [-0.39, 0.29) is 48.1 Å². The molecule has 1 saturated carbocycles. The van der Waals surface area contributed by atoms with Crippen LogP contribution in [-0.2, 0) is 11.8 Å². The SMILES string of the molecule is COc1ccc(C(NC(=O)C2CC23CCNCC3)c2nccn2C)cc1.Cl.Cl. The van der Waals surface area contributed by atoms with Crippen LogP contribution in [0.15, 0.2) is 36.7 Å². The number of halogens is 2. The number of carbonyl (C=O) groups is 1. The Balaban J connectivity index is 0.00000140. The average molecular weight is 427 g/mol. The van der Waals surface area contributed by atoms with Gasteiger partial charge in [-0.25, -0.2) is 4.98 Å². The number of aryl methyl sites for hydroxylation is 1. The summed E-state index contributed by atoms with van der Waals surface area (Å²) in [5, 5.41) is 6.65. The molecule has 154 valence electrons. The van der Waals surface area contributed by atoms with E-state index in [1.54, 1.807) is 13.3 Å². The molecule has 1 aromatic carbocycles. The van der Waals surface area contributed by atoms with E-state index in [0.717, 1.165) is 49.5 Å². The highest BCUT2D eigenvalue weighted by Gasteiger charge is 2.57. The summed E-state index contributed by atoms with van der Waals surface area (Å²) in [6.45, 7) is 2.04. The van der Waals surface area contributed by atoms with Crippen LogP contribution in [0.25, 0.3) is 0 Å². The van der Waals surface area contributed by atoms with Gasteiger partial charge in [-0.2, -0.15) is 0 Å². The topological polar surface area (TPSA) is 68.2 Å². The summed E-state index contributed by atoms with van der Waals surface area (Å²) in [4.78, 5) is 17.5. The summed E-state index contributed by atoms with van der Waals surface area (Å²) in [6, 6.07) is 7.57. The molecule has 1 saturated heterocycles. The minimum absolute atomic E-state index is 0. The van der Waals surface area contributed by atoms with Crippen molar-refractivity contribution in [3.63, 3.8) is 0 Å². The van der Waals surface area contributed by atoms with Crippen LogP contribution in [0.4, 0.5) is 0 Å². The highest BCUT2D eigenvalue weighted by molar-refractivity contribution is 5.85. The second kappa shape index (κ2) is 9.16. The van der Waals surface area contributed by atoms with Crippen molar-refractivity contribution in [3.05, 3.63) is 48.0 Å². The third-order valence-corrected chi connectivity index (χ3v) is 5.96. The Morgan fingerprint density at radius 1 is 1.29 bits per heavy atom.